The first kappa shape index (κ1) is 17.9. The number of carbonyl (C=O) groups is 1. The molecule has 0 saturated heterocycles. The van der Waals surface area contributed by atoms with E-state index in [2.05, 4.69) is 54.4 Å². The van der Waals surface area contributed by atoms with Gasteiger partial charge >= 0.3 is 0 Å². The number of hydrogen-bond acceptors (Lipinski definition) is 4. The molecule has 0 radical (unpaired) electrons. The van der Waals surface area contributed by atoms with Gasteiger partial charge in [0.25, 0.3) is 5.91 Å². The second-order valence-electron chi connectivity index (χ2n) is 6.63. The monoisotopic (exact) mass is 326 g/mol. The molecule has 5 nitrogen and oxygen atoms in total. The number of rotatable bonds is 6. The summed E-state index contributed by atoms with van der Waals surface area (Å²) in [7, 11) is 0. The van der Waals surface area contributed by atoms with Gasteiger partial charge in [0.2, 0.25) is 0 Å². The van der Waals surface area contributed by atoms with E-state index < -0.39 is 0 Å². The highest BCUT2D eigenvalue weighted by Gasteiger charge is 2.11. The normalized spacial score (nSPS) is 10.8. The van der Waals surface area contributed by atoms with Crippen LogP contribution in [-0.2, 0) is 0 Å². The predicted octanol–water partition coefficient (Wildman–Crippen LogP) is 3.92. The van der Waals surface area contributed by atoms with Crippen LogP contribution in [0.15, 0.2) is 24.3 Å². The molecular weight excluding hydrogens is 300 g/mol. The Morgan fingerprint density at radius 2 is 1.71 bits per heavy atom. The first-order valence-corrected chi connectivity index (χ1v) is 8.32. The third-order valence-corrected chi connectivity index (χ3v) is 3.57. The average molecular weight is 326 g/mol. The molecule has 128 valence electrons. The molecule has 0 saturated carbocycles. The molecule has 1 heterocycles. The molecule has 0 aliphatic carbocycles. The van der Waals surface area contributed by atoms with Gasteiger partial charge in [-0.05, 0) is 56.4 Å². The van der Waals surface area contributed by atoms with Crippen LogP contribution in [0.4, 0.5) is 11.5 Å². The Morgan fingerprint density at radius 1 is 1.04 bits per heavy atom. The summed E-state index contributed by atoms with van der Waals surface area (Å²) in [6.07, 6.45) is 0.948. The Morgan fingerprint density at radius 3 is 2.33 bits per heavy atom. The van der Waals surface area contributed by atoms with Crippen molar-refractivity contribution in [1.82, 2.24) is 15.3 Å². The maximum Gasteiger partial charge on any atom is 0.270 e. The molecule has 5 heteroatoms. The van der Waals surface area contributed by atoms with E-state index in [4.69, 9.17) is 0 Å². The SMILES string of the molecule is Cc1cc(C)cc(Nc2cc(C(=O)NCCC(C)C)nc(C)n2)c1. The summed E-state index contributed by atoms with van der Waals surface area (Å²) in [5.41, 5.74) is 3.69. The smallest absolute Gasteiger partial charge is 0.270 e. The van der Waals surface area contributed by atoms with Gasteiger partial charge in [-0.3, -0.25) is 4.79 Å². The van der Waals surface area contributed by atoms with E-state index in [0.29, 0.717) is 29.8 Å². The van der Waals surface area contributed by atoms with E-state index in [1.54, 1.807) is 13.0 Å². The molecule has 0 spiro atoms. The van der Waals surface area contributed by atoms with Crippen molar-refractivity contribution in [2.45, 2.75) is 41.0 Å². The summed E-state index contributed by atoms with van der Waals surface area (Å²) in [5.74, 6) is 1.59. The van der Waals surface area contributed by atoms with Crippen molar-refractivity contribution >= 4 is 17.4 Å². The van der Waals surface area contributed by atoms with Crippen molar-refractivity contribution in [3.8, 4) is 0 Å². The van der Waals surface area contributed by atoms with Crippen molar-refractivity contribution in [2.75, 3.05) is 11.9 Å². The number of aryl methyl sites for hydroxylation is 3. The van der Waals surface area contributed by atoms with Crippen LogP contribution in [0.3, 0.4) is 0 Å². The maximum atomic E-state index is 12.3. The Bertz CT molecular complexity index is 705. The first-order chi connectivity index (χ1) is 11.3. The lowest BCUT2D eigenvalue weighted by molar-refractivity contribution is 0.0946. The van der Waals surface area contributed by atoms with Crippen LogP contribution in [0.25, 0.3) is 0 Å². The first-order valence-electron chi connectivity index (χ1n) is 8.32. The molecule has 1 amide bonds. The number of carbonyl (C=O) groups excluding carboxylic acids is 1. The molecule has 24 heavy (non-hydrogen) atoms. The second-order valence-corrected chi connectivity index (χ2v) is 6.63. The average Bonchev–Trinajstić information content (AvgIpc) is 2.44. The predicted molar refractivity (Wildman–Crippen MR) is 97.8 cm³/mol. The fourth-order valence-corrected chi connectivity index (χ4v) is 2.51. The lowest BCUT2D eigenvalue weighted by Gasteiger charge is -2.11. The van der Waals surface area contributed by atoms with Crippen molar-refractivity contribution in [2.24, 2.45) is 5.92 Å². The molecule has 2 rings (SSSR count). The number of amides is 1. The Hall–Kier alpha value is -2.43. The zero-order chi connectivity index (χ0) is 17.7. The summed E-state index contributed by atoms with van der Waals surface area (Å²) in [5, 5.41) is 6.17. The highest BCUT2D eigenvalue weighted by molar-refractivity contribution is 5.93. The Labute approximate surface area is 143 Å². The number of hydrogen-bond donors (Lipinski definition) is 2. The molecule has 0 bridgehead atoms. The highest BCUT2D eigenvalue weighted by Crippen LogP contribution is 2.19. The third kappa shape index (κ3) is 5.33. The molecule has 2 N–H and O–H groups in total. The van der Waals surface area contributed by atoms with Crippen molar-refractivity contribution < 1.29 is 4.79 Å². The molecule has 0 aliphatic heterocycles. The van der Waals surface area contributed by atoms with Crippen LogP contribution in [0.1, 0.15) is 47.7 Å². The molecule has 0 atom stereocenters. The lowest BCUT2D eigenvalue weighted by Crippen LogP contribution is -2.26. The molecular formula is C19H26N4O. The van der Waals surface area contributed by atoms with Crippen LogP contribution in [-0.4, -0.2) is 22.4 Å². The summed E-state index contributed by atoms with van der Waals surface area (Å²) >= 11 is 0. The summed E-state index contributed by atoms with van der Waals surface area (Å²) in [6.45, 7) is 10.8. The van der Waals surface area contributed by atoms with Crippen molar-refractivity contribution in [1.29, 1.82) is 0 Å². The van der Waals surface area contributed by atoms with Crippen LogP contribution in [0.2, 0.25) is 0 Å². The molecule has 2 aromatic rings. The minimum Gasteiger partial charge on any atom is -0.351 e. The van der Waals surface area contributed by atoms with Gasteiger partial charge in [-0.2, -0.15) is 0 Å². The minimum absolute atomic E-state index is 0.162. The largest absolute Gasteiger partial charge is 0.351 e. The van der Waals surface area contributed by atoms with Gasteiger partial charge in [-0.15, -0.1) is 0 Å². The van der Waals surface area contributed by atoms with Gasteiger partial charge in [0.1, 0.15) is 17.3 Å². The Kier molecular flexibility index (Phi) is 5.90. The van der Waals surface area contributed by atoms with E-state index in [0.717, 1.165) is 12.1 Å². The number of aromatic nitrogens is 2. The van der Waals surface area contributed by atoms with E-state index >= 15 is 0 Å². The topological polar surface area (TPSA) is 66.9 Å². The lowest BCUT2D eigenvalue weighted by atomic mass is 10.1. The molecule has 0 unspecified atom stereocenters. The van der Waals surface area contributed by atoms with Crippen molar-refractivity contribution in [3.05, 3.63) is 46.9 Å². The molecule has 0 aliphatic rings. The standard InChI is InChI=1S/C19H26N4O/c1-12(2)6-7-20-19(24)17-11-18(22-15(5)21-17)23-16-9-13(3)8-14(4)10-16/h8-12H,6-7H2,1-5H3,(H,20,24)(H,21,22,23). The highest BCUT2D eigenvalue weighted by atomic mass is 16.1. The van der Waals surface area contributed by atoms with Gasteiger partial charge in [0, 0.05) is 18.3 Å². The summed E-state index contributed by atoms with van der Waals surface area (Å²) in [6, 6.07) is 7.90. The summed E-state index contributed by atoms with van der Waals surface area (Å²) in [4.78, 5) is 20.9. The van der Waals surface area contributed by atoms with Crippen LogP contribution in [0, 0.1) is 26.7 Å². The van der Waals surface area contributed by atoms with Gasteiger partial charge in [-0.25, -0.2) is 9.97 Å². The van der Waals surface area contributed by atoms with E-state index in [1.165, 1.54) is 11.1 Å². The van der Waals surface area contributed by atoms with Crippen LogP contribution < -0.4 is 10.6 Å². The van der Waals surface area contributed by atoms with E-state index in [-0.39, 0.29) is 5.91 Å². The van der Waals surface area contributed by atoms with Gasteiger partial charge in [0.15, 0.2) is 0 Å². The zero-order valence-corrected chi connectivity index (χ0v) is 15.1. The van der Waals surface area contributed by atoms with Crippen molar-refractivity contribution in [3.63, 3.8) is 0 Å². The summed E-state index contributed by atoms with van der Waals surface area (Å²) < 4.78 is 0. The number of nitrogens with one attached hydrogen (secondary N) is 2. The Balaban J connectivity index is 2.14. The fraction of sp³-hybridized carbons (Fsp3) is 0.421. The fourth-order valence-electron chi connectivity index (χ4n) is 2.51. The molecule has 0 fully saturated rings. The minimum atomic E-state index is -0.162. The van der Waals surface area contributed by atoms with Gasteiger partial charge < -0.3 is 10.6 Å². The quantitative estimate of drug-likeness (QED) is 0.844. The third-order valence-electron chi connectivity index (χ3n) is 3.57. The maximum absolute atomic E-state index is 12.3. The van der Waals surface area contributed by atoms with E-state index in [1.807, 2.05) is 12.1 Å². The number of anilines is 2. The van der Waals surface area contributed by atoms with Crippen LogP contribution >= 0.6 is 0 Å². The molecule has 1 aromatic carbocycles. The van der Waals surface area contributed by atoms with Crippen LogP contribution in [0.5, 0.6) is 0 Å². The van der Waals surface area contributed by atoms with E-state index in [9.17, 15) is 4.79 Å². The van der Waals surface area contributed by atoms with Gasteiger partial charge in [0.05, 0.1) is 0 Å². The second kappa shape index (κ2) is 7.90. The van der Waals surface area contributed by atoms with Gasteiger partial charge in [-0.1, -0.05) is 19.9 Å². The number of benzene rings is 1. The zero-order valence-electron chi connectivity index (χ0n) is 15.1. The number of nitrogens with zero attached hydrogens (tertiary/aromatic N) is 2. The molecule has 1 aromatic heterocycles.